The molecule has 0 bridgehead atoms. The van der Waals surface area contributed by atoms with Crippen LogP contribution >= 0.6 is 7.14 Å². The molecule has 1 aromatic rings. The molecule has 0 saturated carbocycles. The summed E-state index contributed by atoms with van der Waals surface area (Å²) in [5.41, 5.74) is 0. The van der Waals surface area contributed by atoms with E-state index in [9.17, 15) is 4.57 Å². The van der Waals surface area contributed by atoms with Crippen LogP contribution in [0.4, 0.5) is 0 Å². The van der Waals surface area contributed by atoms with Crippen molar-refractivity contribution in [3.8, 4) is 0 Å². The first-order valence-electron chi connectivity index (χ1n) is 5.79. The van der Waals surface area contributed by atoms with Crippen LogP contribution in [0.3, 0.4) is 0 Å². The van der Waals surface area contributed by atoms with Crippen molar-refractivity contribution in [1.82, 2.24) is 0 Å². The SMILES string of the molecule is CCCCCCP(C)(=O)c1ccccc1. The molecule has 0 aliphatic rings. The molecule has 0 radical (unpaired) electrons. The number of unbranched alkanes of at least 4 members (excludes halogenated alkanes) is 3. The Morgan fingerprint density at radius 2 is 1.73 bits per heavy atom. The van der Waals surface area contributed by atoms with Gasteiger partial charge in [0.05, 0.1) is 0 Å². The van der Waals surface area contributed by atoms with Gasteiger partial charge in [0.2, 0.25) is 0 Å². The lowest BCUT2D eigenvalue weighted by molar-refractivity contribution is 0.580. The zero-order valence-electron chi connectivity index (χ0n) is 9.78. The van der Waals surface area contributed by atoms with Crippen molar-refractivity contribution in [1.29, 1.82) is 0 Å². The Labute approximate surface area is 93.3 Å². The van der Waals surface area contributed by atoms with Gasteiger partial charge in [-0.15, -0.1) is 0 Å². The highest BCUT2D eigenvalue weighted by Crippen LogP contribution is 2.40. The van der Waals surface area contributed by atoms with E-state index in [0.29, 0.717) is 0 Å². The molecule has 84 valence electrons. The smallest absolute Gasteiger partial charge is 0.112 e. The van der Waals surface area contributed by atoms with Gasteiger partial charge in [0, 0.05) is 11.5 Å². The molecule has 0 aliphatic heterocycles. The quantitative estimate of drug-likeness (QED) is 0.529. The minimum absolute atomic E-state index is 0.858. The van der Waals surface area contributed by atoms with Crippen molar-refractivity contribution in [2.45, 2.75) is 32.6 Å². The Kier molecular flexibility index (Phi) is 5.11. The Morgan fingerprint density at radius 3 is 2.33 bits per heavy atom. The average molecular weight is 224 g/mol. The highest BCUT2D eigenvalue weighted by Gasteiger charge is 2.16. The molecule has 0 aromatic heterocycles. The lowest BCUT2D eigenvalue weighted by Crippen LogP contribution is -2.05. The van der Waals surface area contributed by atoms with Crippen molar-refractivity contribution in [2.75, 3.05) is 12.8 Å². The highest BCUT2D eigenvalue weighted by atomic mass is 31.2. The summed E-state index contributed by atoms with van der Waals surface area (Å²) in [6.07, 6.45) is 5.66. The summed E-state index contributed by atoms with van der Waals surface area (Å²) in [6.45, 7) is 4.11. The largest absolute Gasteiger partial charge is 0.319 e. The van der Waals surface area contributed by atoms with Crippen LogP contribution < -0.4 is 5.30 Å². The van der Waals surface area contributed by atoms with Gasteiger partial charge in [-0.1, -0.05) is 56.5 Å². The van der Waals surface area contributed by atoms with Crippen LogP contribution in [0.5, 0.6) is 0 Å². The molecule has 0 fully saturated rings. The predicted octanol–water partition coefficient (Wildman–Crippen LogP) is 3.89. The van der Waals surface area contributed by atoms with Gasteiger partial charge in [-0.25, -0.2) is 0 Å². The second kappa shape index (κ2) is 6.12. The van der Waals surface area contributed by atoms with Crippen LogP contribution in [-0.4, -0.2) is 12.8 Å². The Hall–Kier alpha value is -0.550. The first-order chi connectivity index (χ1) is 7.17. The number of hydrogen-bond donors (Lipinski definition) is 0. The van der Waals surface area contributed by atoms with Gasteiger partial charge in [-0.3, -0.25) is 0 Å². The van der Waals surface area contributed by atoms with Crippen molar-refractivity contribution < 1.29 is 4.57 Å². The molecule has 0 N–H and O–H groups in total. The van der Waals surface area contributed by atoms with Crippen LogP contribution in [0.25, 0.3) is 0 Å². The van der Waals surface area contributed by atoms with Gasteiger partial charge in [-0.2, -0.15) is 0 Å². The molecule has 1 unspecified atom stereocenters. The first-order valence-corrected chi connectivity index (χ1v) is 8.13. The maximum absolute atomic E-state index is 12.4. The maximum Gasteiger partial charge on any atom is 0.112 e. The summed E-state index contributed by atoms with van der Waals surface area (Å²) in [5, 5.41) is 1.03. The van der Waals surface area contributed by atoms with E-state index < -0.39 is 7.14 Å². The maximum atomic E-state index is 12.4. The molecule has 0 heterocycles. The Morgan fingerprint density at radius 1 is 1.07 bits per heavy atom. The van der Waals surface area contributed by atoms with Crippen LogP contribution in [0.1, 0.15) is 32.6 Å². The van der Waals surface area contributed by atoms with Gasteiger partial charge >= 0.3 is 0 Å². The normalized spacial score (nSPS) is 14.8. The minimum atomic E-state index is -2.09. The number of rotatable bonds is 6. The monoisotopic (exact) mass is 224 g/mol. The van der Waals surface area contributed by atoms with E-state index in [1.807, 2.05) is 37.0 Å². The van der Waals surface area contributed by atoms with Crippen LogP contribution in [0.2, 0.25) is 0 Å². The van der Waals surface area contributed by atoms with Crippen LogP contribution in [-0.2, 0) is 4.57 Å². The van der Waals surface area contributed by atoms with E-state index >= 15 is 0 Å². The molecule has 0 saturated heterocycles. The Bertz CT molecular complexity index is 319. The molecular formula is C13H21OP. The summed E-state index contributed by atoms with van der Waals surface area (Å²) < 4.78 is 12.4. The second-order valence-corrected chi connectivity index (χ2v) is 7.39. The van der Waals surface area contributed by atoms with Crippen LogP contribution in [0, 0.1) is 0 Å². The molecular weight excluding hydrogens is 203 g/mol. The van der Waals surface area contributed by atoms with Crippen molar-refractivity contribution in [2.24, 2.45) is 0 Å². The zero-order valence-corrected chi connectivity index (χ0v) is 10.7. The van der Waals surface area contributed by atoms with Crippen LogP contribution in [0.15, 0.2) is 30.3 Å². The number of benzene rings is 1. The van der Waals surface area contributed by atoms with E-state index in [-0.39, 0.29) is 0 Å². The van der Waals surface area contributed by atoms with Crippen molar-refractivity contribution >= 4 is 12.4 Å². The van der Waals surface area contributed by atoms with Crippen molar-refractivity contribution in [3.05, 3.63) is 30.3 Å². The molecule has 15 heavy (non-hydrogen) atoms. The fraction of sp³-hybridized carbons (Fsp3) is 0.538. The lowest BCUT2D eigenvalue weighted by Gasteiger charge is -2.12. The van der Waals surface area contributed by atoms with Gasteiger partial charge in [-0.05, 0) is 13.1 Å². The van der Waals surface area contributed by atoms with E-state index in [1.54, 1.807) is 0 Å². The average Bonchev–Trinajstić information content (AvgIpc) is 2.26. The summed E-state index contributed by atoms with van der Waals surface area (Å²) in [6, 6.07) is 9.89. The minimum Gasteiger partial charge on any atom is -0.319 e. The Balaban J connectivity index is 2.49. The molecule has 0 aliphatic carbocycles. The molecule has 2 heteroatoms. The third kappa shape index (κ3) is 4.22. The second-order valence-electron chi connectivity index (χ2n) is 4.22. The predicted molar refractivity (Wildman–Crippen MR) is 68.6 cm³/mol. The van der Waals surface area contributed by atoms with E-state index in [4.69, 9.17) is 0 Å². The topological polar surface area (TPSA) is 17.1 Å². The fourth-order valence-corrected chi connectivity index (χ4v) is 3.60. The summed E-state index contributed by atoms with van der Waals surface area (Å²) in [4.78, 5) is 0. The van der Waals surface area contributed by atoms with E-state index in [2.05, 4.69) is 6.92 Å². The zero-order chi connectivity index (χ0) is 11.1. The van der Waals surface area contributed by atoms with Gasteiger partial charge in [0.15, 0.2) is 0 Å². The van der Waals surface area contributed by atoms with Gasteiger partial charge in [0.25, 0.3) is 0 Å². The fourth-order valence-electron chi connectivity index (χ4n) is 1.71. The molecule has 1 nitrogen and oxygen atoms in total. The lowest BCUT2D eigenvalue weighted by atomic mass is 10.2. The third-order valence-corrected chi connectivity index (χ3v) is 5.30. The van der Waals surface area contributed by atoms with Gasteiger partial charge < -0.3 is 4.57 Å². The number of hydrogen-bond acceptors (Lipinski definition) is 1. The molecule has 0 spiro atoms. The van der Waals surface area contributed by atoms with Gasteiger partial charge in [0.1, 0.15) is 7.14 Å². The van der Waals surface area contributed by atoms with Crippen molar-refractivity contribution in [3.63, 3.8) is 0 Å². The summed E-state index contributed by atoms with van der Waals surface area (Å²) in [7, 11) is -2.09. The standard InChI is InChI=1S/C13H21OP/c1-3-4-5-9-12-15(2,14)13-10-7-6-8-11-13/h6-8,10-11H,3-5,9,12H2,1-2H3. The molecule has 1 aromatic carbocycles. The molecule has 0 amide bonds. The highest BCUT2D eigenvalue weighted by molar-refractivity contribution is 7.70. The summed E-state index contributed by atoms with van der Waals surface area (Å²) in [5.74, 6) is 0. The molecule has 1 rings (SSSR count). The summed E-state index contributed by atoms with van der Waals surface area (Å²) >= 11 is 0. The first kappa shape index (κ1) is 12.5. The molecule has 1 atom stereocenters. The van der Waals surface area contributed by atoms with E-state index in [0.717, 1.165) is 17.9 Å². The third-order valence-electron chi connectivity index (χ3n) is 2.74. The van der Waals surface area contributed by atoms with E-state index in [1.165, 1.54) is 19.3 Å².